The third kappa shape index (κ3) is 4.59. The minimum Gasteiger partial charge on any atom is -0.480 e. The maximum Gasteiger partial charge on any atom is 0.261 e. The largest absolute Gasteiger partial charge is 0.480 e. The molecule has 1 atom stereocenters. The van der Waals surface area contributed by atoms with Gasteiger partial charge in [-0.25, -0.2) is 0 Å². The first-order valence-electron chi connectivity index (χ1n) is 8.07. The Labute approximate surface area is 138 Å². The fourth-order valence-corrected chi connectivity index (χ4v) is 2.45. The van der Waals surface area contributed by atoms with Crippen molar-refractivity contribution in [2.45, 2.75) is 46.8 Å². The van der Waals surface area contributed by atoms with Crippen LogP contribution >= 0.6 is 0 Å². The Bertz CT molecular complexity index is 679. The summed E-state index contributed by atoms with van der Waals surface area (Å²) in [4.78, 5) is 12.4. The van der Waals surface area contributed by atoms with Gasteiger partial charge in [-0.05, 0) is 49.9 Å². The first kappa shape index (κ1) is 17.1. The molecule has 0 radical (unpaired) electrons. The molecule has 0 heterocycles. The summed E-state index contributed by atoms with van der Waals surface area (Å²) in [7, 11) is 0. The Kier molecular flexibility index (Phi) is 5.80. The molecule has 23 heavy (non-hydrogen) atoms. The highest BCUT2D eigenvalue weighted by atomic mass is 16.5. The van der Waals surface area contributed by atoms with Crippen molar-refractivity contribution in [3.8, 4) is 5.75 Å². The van der Waals surface area contributed by atoms with Crippen LogP contribution in [0.3, 0.4) is 0 Å². The second-order valence-electron chi connectivity index (χ2n) is 5.92. The Morgan fingerprint density at radius 2 is 1.87 bits per heavy atom. The number of carbonyl (C=O) groups excluding carboxylic acids is 1. The van der Waals surface area contributed by atoms with Crippen LogP contribution in [0, 0.1) is 20.8 Å². The molecule has 0 bridgehead atoms. The van der Waals surface area contributed by atoms with E-state index in [2.05, 4.69) is 11.4 Å². The molecule has 0 saturated heterocycles. The third-order valence-electron chi connectivity index (χ3n) is 4.04. The fraction of sp³-hybridized carbons (Fsp3) is 0.350. The predicted molar refractivity (Wildman–Crippen MR) is 93.6 cm³/mol. The molecule has 122 valence electrons. The van der Waals surface area contributed by atoms with Crippen molar-refractivity contribution in [1.29, 1.82) is 0 Å². The molecule has 0 aliphatic rings. The topological polar surface area (TPSA) is 38.3 Å². The Balaban J connectivity index is 1.99. The second kappa shape index (κ2) is 7.82. The normalized spacial score (nSPS) is 11.8. The van der Waals surface area contributed by atoms with Crippen LogP contribution in [-0.2, 0) is 11.3 Å². The highest BCUT2D eigenvalue weighted by Crippen LogP contribution is 2.22. The smallest absolute Gasteiger partial charge is 0.261 e. The number of rotatable bonds is 6. The Morgan fingerprint density at radius 3 is 2.57 bits per heavy atom. The summed E-state index contributed by atoms with van der Waals surface area (Å²) in [5, 5.41) is 2.97. The lowest BCUT2D eigenvalue weighted by Gasteiger charge is -2.19. The van der Waals surface area contributed by atoms with Crippen molar-refractivity contribution >= 4 is 5.91 Å². The lowest BCUT2D eigenvalue weighted by molar-refractivity contribution is -0.128. The third-order valence-corrected chi connectivity index (χ3v) is 4.04. The Morgan fingerprint density at radius 1 is 1.13 bits per heavy atom. The number of carbonyl (C=O) groups is 1. The van der Waals surface area contributed by atoms with Crippen molar-refractivity contribution in [1.82, 2.24) is 5.32 Å². The first-order chi connectivity index (χ1) is 11.0. The van der Waals surface area contributed by atoms with E-state index in [9.17, 15) is 4.79 Å². The van der Waals surface area contributed by atoms with Gasteiger partial charge in [0.2, 0.25) is 0 Å². The fourth-order valence-electron chi connectivity index (χ4n) is 2.45. The summed E-state index contributed by atoms with van der Waals surface area (Å²) in [6.45, 7) is 8.59. The zero-order valence-electron chi connectivity index (χ0n) is 14.3. The molecule has 3 nitrogen and oxygen atoms in total. The predicted octanol–water partition coefficient (Wildman–Crippen LogP) is 4.09. The number of amides is 1. The van der Waals surface area contributed by atoms with Crippen LogP contribution in [0.1, 0.15) is 35.6 Å². The van der Waals surface area contributed by atoms with Gasteiger partial charge in [0.05, 0.1) is 0 Å². The molecule has 1 N–H and O–H groups in total. The van der Waals surface area contributed by atoms with Crippen LogP contribution in [0.2, 0.25) is 0 Å². The van der Waals surface area contributed by atoms with Crippen molar-refractivity contribution in [3.63, 3.8) is 0 Å². The van der Waals surface area contributed by atoms with E-state index in [4.69, 9.17) is 4.74 Å². The summed E-state index contributed by atoms with van der Waals surface area (Å²) < 4.78 is 5.94. The molecule has 1 amide bonds. The van der Waals surface area contributed by atoms with Gasteiger partial charge in [0.15, 0.2) is 6.10 Å². The maximum absolute atomic E-state index is 12.4. The number of hydrogen-bond donors (Lipinski definition) is 1. The molecule has 0 saturated carbocycles. The molecule has 0 fully saturated rings. The zero-order valence-corrected chi connectivity index (χ0v) is 14.3. The monoisotopic (exact) mass is 311 g/mol. The molecular formula is C20H25NO2. The van der Waals surface area contributed by atoms with Crippen LogP contribution in [-0.4, -0.2) is 12.0 Å². The number of hydrogen-bond acceptors (Lipinski definition) is 2. The van der Waals surface area contributed by atoms with E-state index in [0.717, 1.165) is 22.4 Å². The average Bonchev–Trinajstić information content (AvgIpc) is 2.54. The quantitative estimate of drug-likeness (QED) is 0.872. The molecule has 0 aliphatic heterocycles. The van der Waals surface area contributed by atoms with E-state index >= 15 is 0 Å². The molecule has 2 rings (SSSR count). The van der Waals surface area contributed by atoms with Crippen LogP contribution in [0.15, 0.2) is 42.5 Å². The van der Waals surface area contributed by atoms with Gasteiger partial charge < -0.3 is 10.1 Å². The van der Waals surface area contributed by atoms with Crippen molar-refractivity contribution in [3.05, 3.63) is 64.7 Å². The molecule has 2 aromatic rings. The molecule has 0 aliphatic carbocycles. The molecule has 3 heteroatoms. The first-order valence-corrected chi connectivity index (χ1v) is 8.07. The number of benzene rings is 2. The van der Waals surface area contributed by atoms with E-state index in [1.165, 1.54) is 5.56 Å². The Hall–Kier alpha value is -2.29. The summed E-state index contributed by atoms with van der Waals surface area (Å²) in [6.07, 6.45) is 0.160. The van der Waals surface area contributed by atoms with Gasteiger partial charge in [0.1, 0.15) is 5.75 Å². The summed E-state index contributed by atoms with van der Waals surface area (Å²) in [5.41, 5.74) is 4.53. The summed E-state index contributed by atoms with van der Waals surface area (Å²) in [5.74, 6) is 0.706. The van der Waals surface area contributed by atoms with Crippen LogP contribution < -0.4 is 10.1 Å². The van der Waals surface area contributed by atoms with Gasteiger partial charge in [-0.2, -0.15) is 0 Å². The SMILES string of the molecule is CC[C@H](Oc1cccc(C)c1C)C(=O)NCc1cccc(C)c1. The van der Waals surface area contributed by atoms with Gasteiger partial charge in [-0.1, -0.05) is 48.9 Å². The van der Waals surface area contributed by atoms with Crippen molar-refractivity contribution in [2.24, 2.45) is 0 Å². The van der Waals surface area contributed by atoms with E-state index in [0.29, 0.717) is 13.0 Å². The summed E-state index contributed by atoms with van der Waals surface area (Å²) >= 11 is 0. The number of aryl methyl sites for hydroxylation is 2. The highest BCUT2D eigenvalue weighted by molar-refractivity contribution is 5.81. The lowest BCUT2D eigenvalue weighted by Crippen LogP contribution is -2.37. The zero-order chi connectivity index (χ0) is 16.8. The standard InChI is InChI=1S/C20H25NO2/c1-5-18(23-19-11-7-9-15(3)16(19)4)20(22)21-13-17-10-6-8-14(2)12-17/h6-12,18H,5,13H2,1-4H3,(H,21,22)/t18-/m0/s1. The number of ether oxygens (including phenoxy) is 1. The lowest BCUT2D eigenvalue weighted by atomic mass is 10.1. The average molecular weight is 311 g/mol. The van der Waals surface area contributed by atoms with E-state index < -0.39 is 6.10 Å². The maximum atomic E-state index is 12.4. The molecular weight excluding hydrogens is 286 g/mol. The van der Waals surface area contributed by atoms with Crippen molar-refractivity contribution in [2.75, 3.05) is 0 Å². The molecule has 0 aromatic heterocycles. The molecule has 2 aromatic carbocycles. The van der Waals surface area contributed by atoms with Crippen LogP contribution in [0.25, 0.3) is 0 Å². The molecule has 0 unspecified atom stereocenters. The van der Waals surface area contributed by atoms with Crippen LogP contribution in [0.4, 0.5) is 0 Å². The van der Waals surface area contributed by atoms with Gasteiger partial charge >= 0.3 is 0 Å². The minimum absolute atomic E-state index is 0.0742. The number of nitrogens with one attached hydrogen (secondary N) is 1. The molecule has 0 spiro atoms. The van der Waals surface area contributed by atoms with Crippen molar-refractivity contribution < 1.29 is 9.53 Å². The highest BCUT2D eigenvalue weighted by Gasteiger charge is 2.19. The van der Waals surface area contributed by atoms with Gasteiger partial charge in [0, 0.05) is 6.54 Å². The minimum atomic E-state index is -0.472. The van der Waals surface area contributed by atoms with Crippen LogP contribution in [0.5, 0.6) is 5.75 Å². The van der Waals surface area contributed by atoms with Gasteiger partial charge in [0.25, 0.3) is 5.91 Å². The van der Waals surface area contributed by atoms with E-state index in [1.807, 2.05) is 64.1 Å². The van der Waals surface area contributed by atoms with Gasteiger partial charge in [-0.3, -0.25) is 4.79 Å². The van der Waals surface area contributed by atoms with Gasteiger partial charge in [-0.15, -0.1) is 0 Å². The van der Waals surface area contributed by atoms with E-state index in [1.54, 1.807) is 0 Å². The second-order valence-corrected chi connectivity index (χ2v) is 5.92. The summed E-state index contributed by atoms with van der Waals surface area (Å²) in [6, 6.07) is 14.0. The van der Waals surface area contributed by atoms with E-state index in [-0.39, 0.29) is 5.91 Å².